The fourth-order valence-electron chi connectivity index (χ4n) is 2.58. The Hall–Kier alpha value is -1.68. The van der Waals surface area contributed by atoms with E-state index in [1.165, 1.54) is 0 Å². The summed E-state index contributed by atoms with van der Waals surface area (Å²) in [6, 6.07) is 1.32. The number of halogens is 4. The number of hydrogen-bond donors (Lipinski definition) is 2. The quantitative estimate of drug-likeness (QED) is 0.810. The number of rotatable bonds is 4. The van der Waals surface area contributed by atoms with Gasteiger partial charge < -0.3 is 5.73 Å². The molecule has 1 saturated carbocycles. The van der Waals surface area contributed by atoms with Crippen molar-refractivity contribution in [1.82, 2.24) is 4.72 Å². The summed E-state index contributed by atoms with van der Waals surface area (Å²) in [4.78, 5) is 10.8. The summed E-state index contributed by atoms with van der Waals surface area (Å²) in [5.74, 6) is -2.47. The summed E-state index contributed by atoms with van der Waals surface area (Å²) in [5.41, 5.74) is 2.02. The summed E-state index contributed by atoms with van der Waals surface area (Å²) < 4.78 is 78.0. The van der Waals surface area contributed by atoms with E-state index in [0.717, 1.165) is 0 Å². The van der Waals surface area contributed by atoms with E-state index >= 15 is 0 Å². The molecule has 0 aliphatic heterocycles. The van der Waals surface area contributed by atoms with Crippen LogP contribution in [0.25, 0.3) is 0 Å². The smallest absolute Gasteiger partial charge is 0.368 e. The third-order valence-corrected chi connectivity index (χ3v) is 5.35. The molecule has 1 aromatic rings. The second kappa shape index (κ2) is 5.75. The van der Waals surface area contributed by atoms with Crippen LogP contribution in [-0.4, -0.2) is 19.9 Å². The van der Waals surface area contributed by atoms with Gasteiger partial charge in [0.25, 0.3) is 0 Å². The first-order valence-electron chi connectivity index (χ1n) is 6.69. The molecule has 0 spiro atoms. The summed E-state index contributed by atoms with van der Waals surface area (Å²) >= 11 is 0. The number of alkyl halides is 3. The van der Waals surface area contributed by atoms with Crippen LogP contribution < -0.4 is 10.5 Å². The van der Waals surface area contributed by atoms with Gasteiger partial charge in [-0.25, -0.2) is 12.8 Å². The van der Waals surface area contributed by atoms with E-state index in [9.17, 15) is 30.8 Å². The Morgan fingerprint density at radius 1 is 1.22 bits per heavy atom. The lowest BCUT2D eigenvalue weighted by atomic mass is 9.99. The van der Waals surface area contributed by atoms with Crippen molar-refractivity contribution in [3.63, 3.8) is 0 Å². The van der Waals surface area contributed by atoms with Gasteiger partial charge in [0.1, 0.15) is 11.4 Å². The fourth-order valence-corrected chi connectivity index (χ4v) is 4.04. The van der Waals surface area contributed by atoms with E-state index in [0.29, 0.717) is 25.0 Å². The van der Waals surface area contributed by atoms with Crippen molar-refractivity contribution < 1.29 is 30.8 Å². The Morgan fingerprint density at radius 3 is 2.26 bits per heavy atom. The van der Waals surface area contributed by atoms with E-state index in [-0.39, 0.29) is 18.9 Å². The number of nitrogens with one attached hydrogen (secondary N) is 1. The summed E-state index contributed by atoms with van der Waals surface area (Å²) in [5, 5.41) is 0. The van der Waals surface area contributed by atoms with Crippen molar-refractivity contribution in [1.29, 1.82) is 0 Å². The highest BCUT2D eigenvalue weighted by Gasteiger charge is 2.43. The lowest BCUT2D eigenvalue weighted by Gasteiger charge is -2.26. The van der Waals surface area contributed by atoms with E-state index in [4.69, 9.17) is 5.73 Å². The number of hydrogen-bond acceptors (Lipinski definition) is 3. The van der Waals surface area contributed by atoms with Crippen LogP contribution in [0.3, 0.4) is 0 Å². The molecule has 1 amide bonds. The van der Waals surface area contributed by atoms with E-state index in [1.807, 2.05) is 0 Å². The van der Waals surface area contributed by atoms with Crippen molar-refractivity contribution in [2.45, 2.75) is 42.3 Å². The molecule has 0 radical (unpaired) electrons. The lowest BCUT2D eigenvalue weighted by Crippen LogP contribution is -2.55. The van der Waals surface area contributed by atoms with Crippen LogP contribution >= 0.6 is 0 Å². The molecule has 23 heavy (non-hydrogen) atoms. The summed E-state index contributed by atoms with van der Waals surface area (Å²) in [7, 11) is -4.46. The maximum Gasteiger partial charge on any atom is 0.419 e. The second-order valence-electron chi connectivity index (χ2n) is 5.40. The molecule has 128 valence electrons. The number of carbonyl (C=O) groups excluding carboxylic acids is 1. The molecule has 1 aromatic carbocycles. The maximum absolute atomic E-state index is 13.3. The predicted molar refractivity (Wildman–Crippen MR) is 72.1 cm³/mol. The number of benzene rings is 1. The molecule has 5 nitrogen and oxygen atoms in total. The van der Waals surface area contributed by atoms with Gasteiger partial charge in [-0.1, -0.05) is 12.8 Å². The van der Waals surface area contributed by atoms with E-state index in [1.54, 1.807) is 0 Å². The fraction of sp³-hybridized carbons (Fsp3) is 0.462. The minimum Gasteiger partial charge on any atom is -0.368 e. The molecule has 10 heteroatoms. The molecule has 3 N–H and O–H groups in total. The highest BCUT2D eigenvalue weighted by Crippen LogP contribution is 2.34. The minimum absolute atomic E-state index is 0.162. The number of carbonyl (C=O) groups is 1. The average Bonchev–Trinajstić information content (AvgIpc) is 2.86. The standard InChI is InChI=1S/C13H14F4N2O3S/c14-10-4-3-8(7-9(10)13(15,16)17)23(21,22)19-12(11(18)20)5-1-2-6-12/h3-4,7,19H,1-2,5-6H2,(H2,18,20). The van der Waals surface area contributed by atoms with Gasteiger partial charge in [-0.3, -0.25) is 4.79 Å². The largest absolute Gasteiger partial charge is 0.419 e. The molecule has 0 atom stereocenters. The number of sulfonamides is 1. The van der Waals surface area contributed by atoms with Gasteiger partial charge in [0, 0.05) is 0 Å². The zero-order chi connectivity index (χ0) is 17.5. The number of amides is 1. The van der Waals surface area contributed by atoms with Gasteiger partial charge in [-0.15, -0.1) is 0 Å². The average molecular weight is 354 g/mol. The van der Waals surface area contributed by atoms with Crippen LogP contribution in [0.5, 0.6) is 0 Å². The summed E-state index contributed by atoms with van der Waals surface area (Å²) in [6.07, 6.45) is -3.60. The van der Waals surface area contributed by atoms with Crippen molar-refractivity contribution in [2.24, 2.45) is 5.73 Å². The van der Waals surface area contributed by atoms with Crippen LogP contribution in [0.1, 0.15) is 31.2 Å². The molecule has 1 aliphatic rings. The van der Waals surface area contributed by atoms with Crippen LogP contribution in [0.15, 0.2) is 23.1 Å². The van der Waals surface area contributed by atoms with Gasteiger partial charge in [0.2, 0.25) is 15.9 Å². The van der Waals surface area contributed by atoms with Crippen molar-refractivity contribution in [3.05, 3.63) is 29.6 Å². The molecule has 0 bridgehead atoms. The highest BCUT2D eigenvalue weighted by atomic mass is 32.2. The van der Waals surface area contributed by atoms with Gasteiger partial charge >= 0.3 is 6.18 Å². The molecule has 2 rings (SSSR count). The number of primary amides is 1. The Bertz CT molecular complexity index is 725. The molecular formula is C13H14F4N2O3S. The van der Waals surface area contributed by atoms with Gasteiger partial charge in [-0.2, -0.15) is 17.9 Å². The molecule has 0 heterocycles. The highest BCUT2D eigenvalue weighted by molar-refractivity contribution is 7.89. The first-order valence-corrected chi connectivity index (χ1v) is 8.17. The molecule has 0 aromatic heterocycles. The zero-order valence-electron chi connectivity index (χ0n) is 11.8. The predicted octanol–water partition coefficient (Wildman–Crippen LogP) is 1.92. The minimum atomic E-state index is -5.04. The molecule has 1 aliphatic carbocycles. The van der Waals surface area contributed by atoms with Crippen LogP contribution in [0.2, 0.25) is 0 Å². The molecule has 0 unspecified atom stereocenters. The van der Waals surface area contributed by atoms with Crippen molar-refractivity contribution in [3.8, 4) is 0 Å². The Kier molecular flexibility index (Phi) is 4.42. The number of nitrogens with two attached hydrogens (primary N) is 1. The van der Waals surface area contributed by atoms with Crippen molar-refractivity contribution >= 4 is 15.9 Å². The first-order chi connectivity index (χ1) is 10.5. The molecular weight excluding hydrogens is 340 g/mol. The normalized spacial score (nSPS) is 18.1. The first kappa shape index (κ1) is 17.7. The Labute approximate surface area is 129 Å². The SMILES string of the molecule is NC(=O)C1(NS(=O)(=O)c2ccc(F)c(C(F)(F)F)c2)CCCC1. The van der Waals surface area contributed by atoms with E-state index < -0.39 is 43.9 Å². The molecule has 1 fully saturated rings. The van der Waals surface area contributed by atoms with Crippen molar-refractivity contribution in [2.75, 3.05) is 0 Å². The van der Waals surface area contributed by atoms with Gasteiger partial charge in [0.05, 0.1) is 10.5 Å². The Balaban J connectivity index is 2.43. The summed E-state index contributed by atoms with van der Waals surface area (Å²) in [6.45, 7) is 0. The maximum atomic E-state index is 13.3. The van der Waals surface area contributed by atoms with Crippen LogP contribution in [0.4, 0.5) is 17.6 Å². The third-order valence-electron chi connectivity index (χ3n) is 3.81. The topological polar surface area (TPSA) is 89.3 Å². The van der Waals surface area contributed by atoms with Crippen LogP contribution in [0, 0.1) is 5.82 Å². The Morgan fingerprint density at radius 2 is 1.78 bits per heavy atom. The van der Waals surface area contributed by atoms with Gasteiger partial charge in [-0.05, 0) is 31.0 Å². The van der Waals surface area contributed by atoms with E-state index in [2.05, 4.69) is 4.72 Å². The van der Waals surface area contributed by atoms with Gasteiger partial charge in [0.15, 0.2) is 0 Å². The second-order valence-corrected chi connectivity index (χ2v) is 7.08. The van der Waals surface area contributed by atoms with Crippen LogP contribution in [-0.2, 0) is 21.0 Å². The zero-order valence-corrected chi connectivity index (χ0v) is 12.6. The molecule has 0 saturated heterocycles. The third kappa shape index (κ3) is 3.47. The lowest BCUT2D eigenvalue weighted by molar-refractivity contribution is -0.140. The monoisotopic (exact) mass is 354 g/mol.